The summed E-state index contributed by atoms with van der Waals surface area (Å²) in [6.07, 6.45) is 3.31. The van der Waals surface area contributed by atoms with E-state index in [9.17, 15) is 4.79 Å². The van der Waals surface area contributed by atoms with Gasteiger partial charge in [0.05, 0.1) is 13.7 Å². The summed E-state index contributed by atoms with van der Waals surface area (Å²) in [6.45, 7) is 4.72. The molecule has 110 valence electrons. The fourth-order valence-corrected chi connectivity index (χ4v) is 2.75. The second kappa shape index (κ2) is 6.75. The highest BCUT2D eigenvalue weighted by atomic mass is 16.5. The molecule has 1 saturated heterocycles. The third-order valence-electron chi connectivity index (χ3n) is 3.87. The van der Waals surface area contributed by atoms with Crippen molar-refractivity contribution < 1.29 is 9.53 Å². The molecule has 1 fully saturated rings. The van der Waals surface area contributed by atoms with Crippen LogP contribution in [0, 0.1) is 0 Å². The Kier molecular flexibility index (Phi) is 5.01. The average molecular weight is 276 g/mol. The highest BCUT2D eigenvalue weighted by Gasteiger charge is 2.34. The number of rotatable bonds is 6. The summed E-state index contributed by atoms with van der Waals surface area (Å²) < 4.78 is 5.27. The molecule has 0 saturated carbocycles. The molecule has 1 heterocycles. The highest BCUT2D eigenvalue weighted by molar-refractivity contribution is 5.81. The van der Waals surface area contributed by atoms with Crippen LogP contribution in [0.3, 0.4) is 0 Å². The summed E-state index contributed by atoms with van der Waals surface area (Å²) in [5, 5.41) is 3.30. The Hall–Kier alpha value is -1.55. The van der Waals surface area contributed by atoms with Gasteiger partial charge in [0.1, 0.15) is 11.9 Å². The van der Waals surface area contributed by atoms with Crippen molar-refractivity contribution in [1.29, 1.82) is 0 Å². The Balaban J connectivity index is 2.18. The van der Waals surface area contributed by atoms with Crippen LogP contribution in [0.1, 0.15) is 44.8 Å². The van der Waals surface area contributed by atoms with Crippen molar-refractivity contribution in [3.63, 3.8) is 0 Å². The molecule has 0 bridgehead atoms. The first-order valence-corrected chi connectivity index (χ1v) is 7.36. The van der Waals surface area contributed by atoms with Crippen molar-refractivity contribution in [2.75, 3.05) is 13.7 Å². The molecular formula is C16H24N2O2. The normalized spacial score (nSPS) is 20.2. The first-order chi connectivity index (χ1) is 9.67. The number of nitrogens with one attached hydrogen (secondary N) is 1. The third kappa shape index (κ3) is 3.12. The Morgan fingerprint density at radius 1 is 1.50 bits per heavy atom. The standard InChI is InChI=1S/C16H24N2O2/c1-4-5-7-12(2)18-15(19)11-17-16(18)13-8-6-9-14(10-13)20-3/h6,8-10,12,16-17H,4-5,7,11H2,1-3H3. The number of ether oxygens (including phenoxy) is 1. The Bertz CT molecular complexity index is 462. The van der Waals surface area contributed by atoms with E-state index in [4.69, 9.17) is 4.74 Å². The molecule has 1 N–H and O–H groups in total. The predicted octanol–water partition coefficient (Wildman–Crippen LogP) is 2.70. The third-order valence-corrected chi connectivity index (χ3v) is 3.87. The minimum atomic E-state index is -0.0375. The lowest BCUT2D eigenvalue weighted by atomic mass is 10.1. The summed E-state index contributed by atoms with van der Waals surface area (Å²) in [6, 6.07) is 8.18. The molecule has 2 atom stereocenters. The van der Waals surface area contributed by atoms with Crippen LogP contribution in [0.5, 0.6) is 5.75 Å². The van der Waals surface area contributed by atoms with E-state index in [0.29, 0.717) is 6.54 Å². The summed E-state index contributed by atoms with van der Waals surface area (Å²) in [4.78, 5) is 14.1. The lowest BCUT2D eigenvalue weighted by Crippen LogP contribution is -2.37. The Morgan fingerprint density at radius 3 is 3.00 bits per heavy atom. The molecule has 0 aliphatic carbocycles. The number of hydrogen-bond donors (Lipinski definition) is 1. The minimum absolute atomic E-state index is 0.0375. The first kappa shape index (κ1) is 14.9. The minimum Gasteiger partial charge on any atom is -0.497 e. The number of amides is 1. The molecule has 4 nitrogen and oxygen atoms in total. The van der Waals surface area contributed by atoms with Crippen molar-refractivity contribution in [2.24, 2.45) is 0 Å². The van der Waals surface area contributed by atoms with Gasteiger partial charge in [0.25, 0.3) is 0 Å². The maximum Gasteiger partial charge on any atom is 0.238 e. The van der Waals surface area contributed by atoms with E-state index in [-0.39, 0.29) is 18.1 Å². The van der Waals surface area contributed by atoms with Gasteiger partial charge in [0.15, 0.2) is 0 Å². The van der Waals surface area contributed by atoms with E-state index in [2.05, 4.69) is 19.2 Å². The molecule has 20 heavy (non-hydrogen) atoms. The number of unbranched alkanes of at least 4 members (excludes halogenated alkanes) is 1. The van der Waals surface area contributed by atoms with E-state index in [0.717, 1.165) is 30.6 Å². The number of nitrogens with zero attached hydrogens (tertiary/aromatic N) is 1. The van der Waals surface area contributed by atoms with E-state index in [1.54, 1.807) is 7.11 Å². The van der Waals surface area contributed by atoms with Crippen LogP contribution in [0.2, 0.25) is 0 Å². The lowest BCUT2D eigenvalue weighted by molar-refractivity contribution is -0.130. The van der Waals surface area contributed by atoms with Crippen molar-refractivity contribution in [1.82, 2.24) is 10.2 Å². The fraction of sp³-hybridized carbons (Fsp3) is 0.562. The van der Waals surface area contributed by atoms with Crippen molar-refractivity contribution >= 4 is 5.91 Å². The second-order valence-electron chi connectivity index (χ2n) is 5.35. The SMILES string of the molecule is CCCCC(C)N1C(=O)CNC1c1cccc(OC)c1. The van der Waals surface area contributed by atoms with Crippen LogP contribution in [-0.2, 0) is 4.79 Å². The van der Waals surface area contributed by atoms with Gasteiger partial charge in [-0.25, -0.2) is 0 Å². The van der Waals surface area contributed by atoms with E-state index >= 15 is 0 Å². The monoisotopic (exact) mass is 276 g/mol. The largest absolute Gasteiger partial charge is 0.497 e. The number of benzene rings is 1. The van der Waals surface area contributed by atoms with E-state index in [1.807, 2.05) is 29.2 Å². The number of methoxy groups -OCH3 is 1. The van der Waals surface area contributed by atoms with Gasteiger partial charge >= 0.3 is 0 Å². The number of hydrogen-bond acceptors (Lipinski definition) is 3. The fourth-order valence-electron chi connectivity index (χ4n) is 2.75. The van der Waals surface area contributed by atoms with Crippen molar-refractivity contribution in [2.45, 2.75) is 45.3 Å². The average Bonchev–Trinajstić information content (AvgIpc) is 2.86. The molecule has 0 aromatic heterocycles. The van der Waals surface area contributed by atoms with Gasteiger partial charge in [-0.2, -0.15) is 0 Å². The molecule has 0 radical (unpaired) electrons. The van der Waals surface area contributed by atoms with Gasteiger partial charge in [-0.05, 0) is 31.0 Å². The Morgan fingerprint density at radius 2 is 2.30 bits per heavy atom. The van der Waals surface area contributed by atoms with Gasteiger partial charge in [0, 0.05) is 6.04 Å². The van der Waals surface area contributed by atoms with Crippen LogP contribution in [-0.4, -0.2) is 30.5 Å². The maximum atomic E-state index is 12.1. The molecule has 1 aromatic rings. The van der Waals surface area contributed by atoms with E-state index < -0.39 is 0 Å². The zero-order valence-electron chi connectivity index (χ0n) is 12.6. The van der Waals surface area contributed by atoms with Crippen LogP contribution in [0.15, 0.2) is 24.3 Å². The molecular weight excluding hydrogens is 252 g/mol. The predicted molar refractivity (Wildman–Crippen MR) is 79.6 cm³/mol. The van der Waals surface area contributed by atoms with Gasteiger partial charge < -0.3 is 9.64 Å². The summed E-state index contributed by atoms with van der Waals surface area (Å²) >= 11 is 0. The zero-order valence-corrected chi connectivity index (χ0v) is 12.6. The summed E-state index contributed by atoms with van der Waals surface area (Å²) in [5.41, 5.74) is 1.08. The van der Waals surface area contributed by atoms with Crippen LogP contribution in [0.25, 0.3) is 0 Å². The highest BCUT2D eigenvalue weighted by Crippen LogP contribution is 2.28. The van der Waals surface area contributed by atoms with Gasteiger partial charge in [-0.1, -0.05) is 31.9 Å². The molecule has 1 aliphatic rings. The topological polar surface area (TPSA) is 41.6 Å². The molecule has 1 aliphatic heterocycles. The second-order valence-corrected chi connectivity index (χ2v) is 5.35. The molecule has 1 aromatic carbocycles. The maximum absolute atomic E-state index is 12.1. The Labute approximate surface area is 121 Å². The lowest BCUT2D eigenvalue weighted by Gasteiger charge is -2.31. The van der Waals surface area contributed by atoms with Crippen LogP contribution in [0.4, 0.5) is 0 Å². The van der Waals surface area contributed by atoms with Crippen molar-refractivity contribution in [3.8, 4) is 5.75 Å². The van der Waals surface area contributed by atoms with Crippen LogP contribution < -0.4 is 10.1 Å². The number of carbonyl (C=O) groups excluding carboxylic acids is 1. The van der Waals surface area contributed by atoms with Gasteiger partial charge in [-0.15, -0.1) is 0 Å². The van der Waals surface area contributed by atoms with Crippen LogP contribution >= 0.6 is 0 Å². The zero-order chi connectivity index (χ0) is 14.5. The first-order valence-electron chi connectivity index (χ1n) is 7.36. The molecule has 2 unspecified atom stereocenters. The molecule has 2 rings (SSSR count). The summed E-state index contributed by atoms with van der Waals surface area (Å²) in [5.74, 6) is 1.01. The summed E-state index contributed by atoms with van der Waals surface area (Å²) in [7, 11) is 1.66. The van der Waals surface area contributed by atoms with Gasteiger partial charge in [-0.3, -0.25) is 10.1 Å². The smallest absolute Gasteiger partial charge is 0.238 e. The molecule has 1 amide bonds. The quantitative estimate of drug-likeness (QED) is 0.868. The number of carbonyl (C=O) groups is 1. The molecule has 4 heteroatoms. The van der Waals surface area contributed by atoms with Crippen molar-refractivity contribution in [3.05, 3.63) is 29.8 Å². The van der Waals surface area contributed by atoms with E-state index in [1.165, 1.54) is 0 Å². The molecule has 0 spiro atoms. The van der Waals surface area contributed by atoms with Gasteiger partial charge in [0.2, 0.25) is 5.91 Å².